The van der Waals surface area contributed by atoms with E-state index in [0.717, 1.165) is 23.9 Å². The van der Waals surface area contributed by atoms with Crippen LogP contribution < -0.4 is 0 Å². The van der Waals surface area contributed by atoms with Crippen molar-refractivity contribution < 1.29 is 23.1 Å². The average Bonchev–Trinajstić information content (AvgIpc) is 2.45. The molecule has 0 unspecified atom stereocenters. The van der Waals surface area contributed by atoms with Gasteiger partial charge in [0.15, 0.2) is 5.78 Å². The number of hydrogen-bond donors (Lipinski definition) is 1. The van der Waals surface area contributed by atoms with E-state index >= 15 is 0 Å². The molecule has 6 heteroatoms. The molecule has 0 fully saturated rings. The quantitative estimate of drug-likeness (QED) is 0.672. The van der Waals surface area contributed by atoms with Crippen molar-refractivity contribution >= 4 is 17.5 Å². The molecule has 0 spiro atoms. The Hall–Kier alpha value is -1.95. The number of Topliss-reactive ketones (excluding diaryl/α,β-unsaturated/α-hetero) is 1. The number of phenolic OH excluding ortho intramolecular Hbond substituents is 1. The van der Waals surface area contributed by atoms with E-state index in [1.807, 2.05) is 0 Å². The molecule has 2 aromatic carbocycles. The summed E-state index contributed by atoms with van der Waals surface area (Å²) >= 11 is 1.08. The predicted molar refractivity (Wildman–Crippen MR) is 74.6 cm³/mol. The van der Waals surface area contributed by atoms with Crippen molar-refractivity contribution in [3.8, 4) is 5.75 Å². The van der Waals surface area contributed by atoms with E-state index in [1.54, 1.807) is 18.2 Å². The topological polar surface area (TPSA) is 37.3 Å². The minimum absolute atomic E-state index is 0.00717. The smallest absolute Gasteiger partial charge is 0.416 e. The van der Waals surface area contributed by atoms with Crippen molar-refractivity contribution in [2.45, 2.75) is 11.1 Å². The first-order valence-electron chi connectivity index (χ1n) is 5.99. The molecule has 2 rings (SSSR count). The number of alkyl halides is 3. The van der Waals surface area contributed by atoms with Crippen molar-refractivity contribution in [3.63, 3.8) is 0 Å². The highest BCUT2D eigenvalue weighted by Crippen LogP contribution is 2.31. The third kappa shape index (κ3) is 4.01. The third-order valence-electron chi connectivity index (χ3n) is 2.74. The van der Waals surface area contributed by atoms with Crippen molar-refractivity contribution in [3.05, 3.63) is 59.7 Å². The van der Waals surface area contributed by atoms with Gasteiger partial charge >= 0.3 is 6.18 Å². The van der Waals surface area contributed by atoms with Gasteiger partial charge in [-0.2, -0.15) is 13.2 Å². The van der Waals surface area contributed by atoms with Gasteiger partial charge in [-0.3, -0.25) is 4.79 Å². The molecule has 0 aromatic heterocycles. The van der Waals surface area contributed by atoms with E-state index < -0.39 is 17.5 Å². The molecule has 110 valence electrons. The van der Waals surface area contributed by atoms with Gasteiger partial charge in [0.25, 0.3) is 0 Å². The Labute approximate surface area is 123 Å². The molecule has 0 radical (unpaired) electrons. The van der Waals surface area contributed by atoms with Gasteiger partial charge in [-0.15, -0.1) is 11.8 Å². The van der Waals surface area contributed by atoms with Crippen LogP contribution in [0.4, 0.5) is 13.2 Å². The largest absolute Gasteiger partial charge is 0.507 e. The first-order chi connectivity index (χ1) is 9.88. The Morgan fingerprint density at radius 2 is 1.81 bits per heavy atom. The van der Waals surface area contributed by atoms with Crippen molar-refractivity contribution in [2.75, 3.05) is 5.75 Å². The zero-order valence-electron chi connectivity index (χ0n) is 10.7. The zero-order valence-corrected chi connectivity index (χ0v) is 11.5. The summed E-state index contributed by atoms with van der Waals surface area (Å²) in [5, 5.41) is 9.56. The molecule has 0 aliphatic rings. The van der Waals surface area contributed by atoms with Crippen molar-refractivity contribution in [2.24, 2.45) is 0 Å². The lowest BCUT2D eigenvalue weighted by molar-refractivity contribution is -0.137. The van der Waals surface area contributed by atoms with Gasteiger partial charge < -0.3 is 5.11 Å². The van der Waals surface area contributed by atoms with Crippen LogP contribution >= 0.6 is 11.8 Å². The highest BCUT2D eigenvalue weighted by molar-refractivity contribution is 8.00. The van der Waals surface area contributed by atoms with Crippen LogP contribution in [0.3, 0.4) is 0 Å². The Morgan fingerprint density at radius 1 is 1.10 bits per heavy atom. The number of hydrogen-bond acceptors (Lipinski definition) is 3. The molecule has 0 saturated carbocycles. The van der Waals surface area contributed by atoms with E-state index in [1.165, 1.54) is 18.2 Å². The van der Waals surface area contributed by atoms with Crippen LogP contribution in [-0.4, -0.2) is 16.6 Å². The summed E-state index contributed by atoms with van der Waals surface area (Å²) in [5.41, 5.74) is -0.839. The minimum atomic E-state index is -4.47. The van der Waals surface area contributed by atoms with Crippen LogP contribution in [-0.2, 0) is 6.18 Å². The van der Waals surface area contributed by atoms with Gasteiger partial charge in [0.05, 0.1) is 11.3 Å². The first-order valence-corrected chi connectivity index (χ1v) is 6.98. The molecule has 0 saturated heterocycles. The maximum atomic E-state index is 12.6. The molecule has 21 heavy (non-hydrogen) atoms. The van der Waals surface area contributed by atoms with Gasteiger partial charge in [-0.1, -0.05) is 24.3 Å². The van der Waals surface area contributed by atoms with E-state index in [2.05, 4.69) is 0 Å². The monoisotopic (exact) mass is 312 g/mol. The second-order valence-electron chi connectivity index (χ2n) is 4.26. The van der Waals surface area contributed by atoms with Gasteiger partial charge in [0.1, 0.15) is 5.75 Å². The fourth-order valence-corrected chi connectivity index (χ4v) is 2.52. The van der Waals surface area contributed by atoms with Crippen LogP contribution in [0.2, 0.25) is 0 Å². The maximum Gasteiger partial charge on any atom is 0.416 e. The number of carbonyl (C=O) groups is 1. The van der Waals surface area contributed by atoms with Gasteiger partial charge in [-0.05, 0) is 24.3 Å². The zero-order chi connectivity index (χ0) is 15.5. The molecule has 0 amide bonds. The molecule has 0 aliphatic carbocycles. The van der Waals surface area contributed by atoms with Crippen LogP contribution in [0, 0.1) is 0 Å². The molecule has 1 N–H and O–H groups in total. The van der Waals surface area contributed by atoms with Crippen LogP contribution in [0.1, 0.15) is 15.9 Å². The number of phenols is 1. The predicted octanol–water partition coefficient (Wildman–Crippen LogP) is 4.39. The molecule has 0 atom stereocenters. The van der Waals surface area contributed by atoms with Crippen molar-refractivity contribution in [1.82, 2.24) is 0 Å². The summed E-state index contributed by atoms with van der Waals surface area (Å²) in [6.45, 7) is 0. The lowest BCUT2D eigenvalue weighted by Gasteiger charge is -2.08. The van der Waals surface area contributed by atoms with E-state index in [4.69, 9.17) is 0 Å². The summed E-state index contributed by atoms with van der Waals surface area (Å²) in [7, 11) is 0. The molecular weight excluding hydrogens is 301 g/mol. The Bertz CT molecular complexity index is 653. The van der Waals surface area contributed by atoms with Gasteiger partial charge in [0.2, 0.25) is 0 Å². The number of ketones is 1. The minimum Gasteiger partial charge on any atom is -0.507 e. The third-order valence-corrected chi connectivity index (χ3v) is 3.80. The molecule has 2 aromatic rings. The molecule has 0 aliphatic heterocycles. The molecule has 0 bridgehead atoms. The number of halogens is 3. The highest BCUT2D eigenvalue weighted by atomic mass is 32.2. The van der Waals surface area contributed by atoms with E-state index in [9.17, 15) is 23.1 Å². The first kappa shape index (κ1) is 15.4. The standard InChI is InChI=1S/C15H11F3O2S/c16-15(17,18)11-5-3-4-10(8-11)13(20)9-21-14-7-2-1-6-12(14)19/h1-8,19H,9H2. The maximum absolute atomic E-state index is 12.6. The average molecular weight is 312 g/mol. The van der Waals surface area contributed by atoms with Crippen LogP contribution in [0.25, 0.3) is 0 Å². The Kier molecular flexibility index (Phi) is 4.57. The lowest BCUT2D eigenvalue weighted by Crippen LogP contribution is -2.08. The molecular formula is C15H11F3O2S. The fourth-order valence-electron chi connectivity index (χ4n) is 1.67. The summed E-state index contributed by atoms with van der Waals surface area (Å²) in [6, 6.07) is 10.8. The van der Waals surface area contributed by atoms with Crippen molar-refractivity contribution in [1.29, 1.82) is 0 Å². The van der Waals surface area contributed by atoms with E-state index in [-0.39, 0.29) is 17.1 Å². The fraction of sp³-hybridized carbons (Fsp3) is 0.133. The van der Waals surface area contributed by atoms with E-state index in [0.29, 0.717) is 4.90 Å². The number of thioether (sulfide) groups is 1. The summed E-state index contributed by atoms with van der Waals surface area (Å²) in [6.07, 6.45) is -4.47. The number of rotatable bonds is 4. The molecule has 0 heterocycles. The SMILES string of the molecule is O=C(CSc1ccccc1O)c1cccc(C(F)(F)F)c1. The van der Waals surface area contributed by atoms with Gasteiger partial charge in [0, 0.05) is 10.5 Å². The number of aromatic hydroxyl groups is 1. The Morgan fingerprint density at radius 3 is 2.48 bits per heavy atom. The second-order valence-corrected chi connectivity index (χ2v) is 5.28. The number of para-hydroxylation sites is 1. The number of benzene rings is 2. The second kappa shape index (κ2) is 6.22. The molecule has 2 nitrogen and oxygen atoms in total. The van der Waals surface area contributed by atoms with Crippen LogP contribution in [0.15, 0.2) is 53.4 Å². The normalized spacial score (nSPS) is 11.4. The summed E-state index contributed by atoms with van der Waals surface area (Å²) in [4.78, 5) is 12.5. The summed E-state index contributed by atoms with van der Waals surface area (Å²) < 4.78 is 37.8. The number of carbonyl (C=O) groups excluding carboxylic acids is 1. The highest BCUT2D eigenvalue weighted by Gasteiger charge is 2.30. The summed E-state index contributed by atoms with van der Waals surface area (Å²) in [5.74, 6) is -0.424. The van der Waals surface area contributed by atoms with Crippen LogP contribution in [0.5, 0.6) is 5.75 Å². The lowest BCUT2D eigenvalue weighted by atomic mass is 10.1. The Balaban J connectivity index is 2.09. The van der Waals surface area contributed by atoms with Gasteiger partial charge in [-0.25, -0.2) is 0 Å².